The summed E-state index contributed by atoms with van der Waals surface area (Å²) >= 11 is 0. The fraction of sp³-hybridized carbons (Fsp3) is 0.500. The highest BCUT2D eigenvalue weighted by molar-refractivity contribution is 6.13. The Balaban J connectivity index is 1.38. The predicted octanol–water partition coefficient (Wildman–Crippen LogP) is 1.18. The quantitative estimate of drug-likeness (QED) is 0.0486. The lowest BCUT2D eigenvalue weighted by Crippen LogP contribution is -2.35. The minimum Gasteiger partial charge on any atom is -0.420 e. The van der Waals surface area contributed by atoms with E-state index < -0.39 is 59.0 Å². The number of benzene rings is 1. The Morgan fingerprint density at radius 1 is 0.650 bits per heavy atom. The van der Waals surface area contributed by atoms with Crippen molar-refractivity contribution in [3.05, 3.63) is 41.2 Å². The molecule has 0 fully saturated rings. The number of carbonyl (C=O) groups is 4. The average molecular weight is 582 g/mol. The second kappa shape index (κ2) is 17.3. The number of rotatable bonds is 19. The van der Waals surface area contributed by atoms with E-state index in [1.807, 2.05) is 0 Å². The summed E-state index contributed by atoms with van der Waals surface area (Å²) in [4.78, 5) is 47.1. The zero-order valence-electron chi connectivity index (χ0n) is 21.2. The van der Waals surface area contributed by atoms with E-state index in [1.54, 1.807) is 0 Å². The Morgan fingerprint density at radius 2 is 1.10 bits per heavy atom. The molecule has 0 bridgehead atoms. The van der Waals surface area contributed by atoms with E-state index in [9.17, 15) is 41.1 Å². The summed E-state index contributed by atoms with van der Waals surface area (Å²) in [5, 5.41) is 2.60. The normalized spacial score (nSPS) is 12.9. The van der Waals surface area contributed by atoms with Crippen LogP contribution in [-0.4, -0.2) is 94.5 Å². The first-order valence-electron chi connectivity index (χ1n) is 12.0. The maximum atomic E-state index is 13.5. The van der Waals surface area contributed by atoms with Gasteiger partial charge in [-0.3, -0.25) is 24.1 Å². The van der Waals surface area contributed by atoms with E-state index in [0.717, 1.165) is 17.1 Å². The number of esters is 1. The van der Waals surface area contributed by atoms with Crippen LogP contribution in [0.4, 0.5) is 22.0 Å². The molecule has 0 aromatic heterocycles. The third-order valence-electron chi connectivity index (χ3n) is 4.98. The second-order valence-corrected chi connectivity index (χ2v) is 7.83. The van der Waals surface area contributed by atoms with Crippen LogP contribution >= 0.6 is 0 Å². The molecule has 1 N–H and O–H groups in total. The molecule has 1 heterocycles. The monoisotopic (exact) mass is 582 g/mol. The van der Waals surface area contributed by atoms with Crippen LogP contribution in [0.5, 0.6) is 5.75 Å². The summed E-state index contributed by atoms with van der Waals surface area (Å²) in [7, 11) is 0. The minimum absolute atomic E-state index is 0.00399. The minimum atomic E-state index is -2.36. The van der Waals surface area contributed by atoms with Gasteiger partial charge in [-0.15, -0.1) is 0 Å². The first-order valence-corrected chi connectivity index (χ1v) is 12.0. The standard InChI is InChI=1S/C24H27F5N2O9/c25-19-20(26)22(28)24(23(29)21(19)27)40-18(35)4-7-36-9-11-38-13-14-39-12-10-37-8-5-30-15(32)3-6-31-16(33)1-2-17(31)34/h1-2H,3-14H2,(H,30,32). The summed E-state index contributed by atoms with van der Waals surface area (Å²) in [6, 6.07) is 0. The van der Waals surface area contributed by atoms with Crippen molar-refractivity contribution in [2.75, 3.05) is 65.9 Å². The van der Waals surface area contributed by atoms with Gasteiger partial charge in [0, 0.05) is 31.7 Å². The SMILES string of the molecule is O=C(CCN1C(=O)C=CC1=O)NCCOCCOCCOCCOCCC(=O)Oc1c(F)c(F)c(F)c(F)c1F. The van der Waals surface area contributed by atoms with E-state index in [0.29, 0.717) is 0 Å². The third-order valence-corrected chi connectivity index (χ3v) is 4.98. The molecule has 11 nitrogen and oxygen atoms in total. The maximum Gasteiger partial charge on any atom is 0.313 e. The first-order chi connectivity index (χ1) is 19.1. The molecular weight excluding hydrogens is 555 g/mol. The third kappa shape index (κ3) is 10.6. The molecule has 2 rings (SSSR count). The predicted molar refractivity (Wildman–Crippen MR) is 123 cm³/mol. The Morgan fingerprint density at radius 3 is 1.62 bits per heavy atom. The van der Waals surface area contributed by atoms with Gasteiger partial charge in [-0.2, -0.15) is 8.78 Å². The highest BCUT2D eigenvalue weighted by Crippen LogP contribution is 2.29. The van der Waals surface area contributed by atoms with Gasteiger partial charge in [0.05, 0.1) is 59.3 Å². The lowest BCUT2D eigenvalue weighted by molar-refractivity contribution is -0.138. The number of halogens is 5. The van der Waals surface area contributed by atoms with Crippen molar-refractivity contribution >= 4 is 23.7 Å². The van der Waals surface area contributed by atoms with Gasteiger partial charge in [0.15, 0.2) is 0 Å². The maximum absolute atomic E-state index is 13.5. The number of ether oxygens (including phenoxy) is 5. The van der Waals surface area contributed by atoms with Gasteiger partial charge in [0.2, 0.25) is 40.7 Å². The molecule has 0 saturated carbocycles. The molecule has 0 saturated heterocycles. The van der Waals surface area contributed by atoms with Crippen molar-refractivity contribution in [1.29, 1.82) is 0 Å². The van der Waals surface area contributed by atoms with E-state index >= 15 is 0 Å². The van der Waals surface area contributed by atoms with Gasteiger partial charge < -0.3 is 29.0 Å². The summed E-state index contributed by atoms with van der Waals surface area (Å²) in [6.45, 7) is 1.42. The molecule has 0 unspecified atom stereocenters. The van der Waals surface area contributed by atoms with Gasteiger partial charge in [0.1, 0.15) is 0 Å². The fourth-order valence-corrected chi connectivity index (χ4v) is 2.97. The molecule has 0 spiro atoms. The lowest BCUT2D eigenvalue weighted by atomic mass is 10.2. The van der Waals surface area contributed by atoms with Crippen LogP contribution in [0, 0.1) is 29.1 Å². The van der Waals surface area contributed by atoms with Crippen molar-refractivity contribution in [3.63, 3.8) is 0 Å². The smallest absolute Gasteiger partial charge is 0.313 e. The van der Waals surface area contributed by atoms with Gasteiger partial charge in [0.25, 0.3) is 11.8 Å². The van der Waals surface area contributed by atoms with Crippen LogP contribution in [0.3, 0.4) is 0 Å². The number of carbonyl (C=O) groups excluding carboxylic acids is 4. The molecule has 1 aromatic carbocycles. The van der Waals surface area contributed by atoms with E-state index in [-0.39, 0.29) is 78.3 Å². The Labute approximate surface area is 225 Å². The van der Waals surface area contributed by atoms with Crippen molar-refractivity contribution in [3.8, 4) is 5.75 Å². The fourth-order valence-electron chi connectivity index (χ4n) is 2.97. The summed E-state index contributed by atoms with van der Waals surface area (Å²) in [6.07, 6.45) is 1.78. The van der Waals surface area contributed by atoms with Crippen molar-refractivity contribution in [2.24, 2.45) is 0 Å². The highest BCUT2D eigenvalue weighted by Gasteiger charge is 2.28. The molecule has 16 heteroatoms. The van der Waals surface area contributed by atoms with Crippen molar-refractivity contribution < 1.29 is 64.8 Å². The van der Waals surface area contributed by atoms with Gasteiger partial charge in [-0.1, -0.05) is 0 Å². The van der Waals surface area contributed by atoms with Crippen LogP contribution in [0.25, 0.3) is 0 Å². The number of hydrogen-bond acceptors (Lipinski definition) is 9. The average Bonchev–Trinajstić information content (AvgIpc) is 3.26. The molecule has 1 aromatic rings. The van der Waals surface area contributed by atoms with Crippen LogP contribution < -0.4 is 10.1 Å². The van der Waals surface area contributed by atoms with Gasteiger partial charge in [-0.05, 0) is 0 Å². The number of hydrogen-bond donors (Lipinski definition) is 1. The van der Waals surface area contributed by atoms with Crippen LogP contribution in [0.1, 0.15) is 12.8 Å². The summed E-state index contributed by atoms with van der Waals surface area (Å²) in [5.41, 5.74) is 0. The van der Waals surface area contributed by atoms with Gasteiger partial charge in [-0.25, -0.2) is 13.2 Å². The largest absolute Gasteiger partial charge is 0.420 e. The topological polar surface area (TPSA) is 130 Å². The van der Waals surface area contributed by atoms with E-state index in [2.05, 4.69) is 10.1 Å². The lowest BCUT2D eigenvalue weighted by Gasteiger charge is -2.13. The molecule has 40 heavy (non-hydrogen) atoms. The van der Waals surface area contributed by atoms with Crippen LogP contribution in [0.2, 0.25) is 0 Å². The molecule has 3 amide bonds. The van der Waals surface area contributed by atoms with Crippen LogP contribution in [-0.2, 0) is 38.1 Å². The van der Waals surface area contributed by atoms with Crippen molar-refractivity contribution in [1.82, 2.24) is 10.2 Å². The van der Waals surface area contributed by atoms with Crippen molar-refractivity contribution in [2.45, 2.75) is 12.8 Å². The number of nitrogens with one attached hydrogen (secondary N) is 1. The Bertz CT molecular complexity index is 1040. The highest BCUT2D eigenvalue weighted by atomic mass is 19.2. The van der Waals surface area contributed by atoms with E-state index in [4.69, 9.17) is 18.9 Å². The number of nitrogens with zero attached hydrogens (tertiary/aromatic N) is 1. The van der Waals surface area contributed by atoms with E-state index in [1.165, 1.54) is 0 Å². The zero-order chi connectivity index (χ0) is 29.5. The molecule has 222 valence electrons. The van der Waals surface area contributed by atoms with Crippen LogP contribution in [0.15, 0.2) is 12.2 Å². The summed E-state index contributed by atoms with van der Waals surface area (Å²) < 4.78 is 91.3. The zero-order valence-corrected chi connectivity index (χ0v) is 21.2. The molecule has 0 aliphatic carbocycles. The molecule has 1 aliphatic rings. The second-order valence-electron chi connectivity index (χ2n) is 7.83. The molecule has 1 aliphatic heterocycles. The number of imide groups is 1. The Kier molecular flexibility index (Phi) is 14.1. The summed E-state index contributed by atoms with van der Waals surface area (Å²) in [5.74, 6) is -15.5. The first kappa shape index (κ1) is 32.7. The molecular formula is C24H27F5N2O9. The van der Waals surface area contributed by atoms with Gasteiger partial charge >= 0.3 is 5.97 Å². The molecule has 0 radical (unpaired) electrons. The number of amides is 3. The Hall–Kier alpha value is -3.47. The molecule has 0 atom stereocenters.